The van der Waals surface area contributed by atoms with Crippen LogP contribution in [-0.2, 0) is 16.1 Å². The number of nitrogen functional groups attached to an aromatic ring is 1. The van der Waals surface area contributed by atoms with Crippen LogP contribution in [0.15, 0.2) is 6.07 Å². The Hall–Kier alpha value is -1.44. The zero-order chi connectivity index (χ0) is 14.4. The van der Waals surface area contributed by atoms with Crippen LogP contribution in [0.3, 0.4) is 0 Å². The first-order valence-electron chi connectivity index (χ1n) is 6.85. The van der Waals surface area contributed by atoms with Gasteiger partial charge in [0.2, 0.25) is 0 Å². The zero-order valence-corrected chi connectivity index (χ0v) is 11.8. The average molecular weight is 282 g/mol. The van der Waals surface area contributed by atoms with Crippen molar-refractivity contribution in [1.82, 2.24) is 9.97 Å². The van der Waals surface area contributed by atoms with Crippen molar-refractivity contribution in [2.75, 3.05) is 37.5 Å². The fraction of sp³-hybridized carbons (Fsp3) is 0.692. The van der Waals surface area contributed by atoms with Crippen LogP contribution >= 0.6 is 0 Å². The average Bonchev–Trinajstić information content (AvgIpc) is 2.45. The summed E-state index contributed by atoms with van der Waals surface area (Å²) in [5.41, 5.74) is 5.39. The summed E-state index contributed by atoms with van der Waals surface area (Å²) in [5.74, 6) is 1.54. The largest absolute Gasteiger partial charge is 0.394 e. The van der Waals surface area contributed by atoms with Crippen molar-refractivity contribution in [3.05, 3.63) is 11.9 Å². The van der Waals surface area contributed by atoms with Crippen LogP contribution in [0.1, 0.15) is 25.6 Å². The maximum atomic E-state index is 9.67. The lowest BCUT2D eigenvalue weighted by atomic mass is 9.91. The first-order valence-corrected chi connectivity index (χ1v) is 6.85. The molecule has 0 saturated carbocycles. The van der Waals surface area contributed by atoms with E-state index in [1.54, 1.807) is 6.07 Å². The Kier molecular flexibility index (Phi) is 5.11. The highest BCUT2D eigenvalue weighted by atomic mass is 16.5. The van der Waals surface area contributed by atoms with Gasteiger partial charge in [0.25, 0.3) is 0 Å². The summed E-state index contributed by atoms with van der Waals surface area (Å²) < 4.78 is 10.6. The van der Waals surface area contributed by atoms with E-state index in [1.807, 2.05) is 6.92 Å². The van der Waals surface area contributed by atoms with E-state index in [-0.39, 0.29) is 6.61 Å². The number of aliphatic hydroxyl groups is 1. The van der Waals surface area contributed by atoms with E-state index in [9.17, 15) is 5.11 Å². The number of hydrogen-bond acceptors (Lipinski definition) is 7. The molecule has 112 valence electrons. The molecule has 0 aliphatic carbocycles. The molecule has 0 unspecified atom stereocenters. The lowest BCUT2D eigenvalue weighted by molar-refractivity contribution is 0.0378. The van der Waals surface area contributed by atoms with Gasteiger partial charge in [-0.25, -0.2) is 9.97 Å². The summed E-state index contributed by atoms with van der Waals surface area (Å²) in [5, 5.41) is 13.0. The van der Waals surface area contributed by atoms with Gasteiger partial charge >= 0.3 is 0 Å². The molecule has 20 heavy (non-hydrogen) atoms. The molecule has 1 aromatic heterocycles. The van der Waals surface area contributed by atoms with E-state index >= 15 is 0 Å². The first-order chi connectivity index (χ1) is 9.67. The van der Waals surface area contributed by atoms with Crippen LogP contribution in [0.5, 0.6) is 0 Å². The summed E-state index contributed by atoms with van der Waals surface area (Å²) in [6.45, 7) is 4.11. The van der Waals surface area contributed by atoms with Crippen molar-refractivity contribution < 1.29 is 14.6 Å². The summed E-state index contributed by atoms with van der Waals surface area (Å²) in [4.78, 5) is 8.51. The highest BCUT2D eigenvalue weighted by Crippen LogP contribution is 2.25. The van der Waals surface area contributed by atoms with Crippen LogP contribution in [0.2, 0.25) is 0 Å². The van der Waals surface area contributed by atoms with Gasteiger partial charge < -0.3 is 25.6 Å². The van der Waals surface area contributed by atoms with Crippen molar-refractivity contribution in [2.24, 2.45) is 0 Å². The minimum absolute atomic E-state index is 0.0288. The van der Waals surface area contributed by atoms with Gasteiger partial charge in [0.15, 0.2) is 5.82 Å². The van der Waals surface area contributed by atoms with E-state index < -0.39 is 5.54 Å². The molecular formula is C13H22N4O3. The van der Waals surface area contributed by atoms with Gasteiger partial charge in [0.1, 0.15) is 18.2 Å². The number of anilines is 2. The Bertz CT molecular complexity index is 436. The minimum atomic E-state index is -0.401. The van der Waals surface area contributed by atoms with Crippen LogP contribution < -0.4 is 11.1 Å². The van der Waals surface area contributed by atoms with Crippen LogP contribution in [0.25, 0.3) is 0 Å². The van der Waals surface area contributed by atoms with E-state index in [2.05, 4.69) is 15.3 Å². The Morgan fingerprint density at radius 2 is 2.20 bits per heavy atom. The van der Waals surface area contributed by atoms with Gasteiger partial charge in [0.05, 0.1) is 12.1 Å². The van der Waals surface area contributed by atoms with Crippen LogP contribution in [-0.4, -0.2) is 47.0 Å². The Labute approximate surface area is 118 Å². The third-order valence-electron chi connectivity index (χ3n) is 3.37. The summed E-state index contributed by atoms with van der Waals surface area (Å²) in [6.07, 6.45) is 1.46. The maximum Gasteiger partial charge on any atom is 0.158 e. The van der Waals surface area contributed by atoms with E-state index in [0.717, 1.165) is 12.8 Å². The second kappa shape index (κ2) is 6.83. The number of aromatic nitrogens is 2. The van der Waals surface area contributed by atoms with Gasteiger partial charge in [-0.1, -0.05) is 0 Å². The molecule has 1 aliphatic heterocycles. The topological polar surface area (TPSA) is 103 Å². The van der Waals surface area contributed by atoms with Gasteiger partial charge in [-0.05, 0) is 19.8 Å². The normalized spacial score (nSPS) is 17.9. The molecule has 1 aliphatic rings. The predicted molar refractivity (Wildman–Crippen MR) is 75.3 cm³/mol. The molecule has 0 bridgehead atoms. The lowest BCUT2D eigenvalue weighted by Crippen LogP contribution is -2.47. The van der Waals surface area contributed by atoms with Gasteiger partial charge in [-0.15, -0.1) is 0 Å². The van der Waals surface area contributed by atoms with E-state index in [1.165, 1.54) is 0 Å². The fourth-order valence-corrected chi connectivity index (χ4v) is 2.20. The number of aliphatic hydroxyl groups excluding tert-OH is 1. The predicted octanol–water partition coefficient (Wildman–Crippen LogP) is 0.549. The number of ether oxygens (including phenoxy) is 2. The van der Waals surface area contributed by atoms with Crippen LogP contribution in [0.4, 0.5) is 11.6 Å². The molecule has 1 fully saturated rings. The molecule has 1 aromatic rings. The molecule has 7 nitrogen and oxygen atoms in total. The van der Waals surface area contributed by atoms with Gasteiger partial charge in [-0.2, -0.15) is 0 Å². The molecule has 0 radical (unpaired) electrons. The summed E-state index contributed by atoms with van der Waals surface area (Å²) in [7, 11) is 0. The van der Waals surface area contributed by atoms with Crippen LogP contribution in [0, 0.1) is 0 Å². The van der Waals surface area contributed by atoms with Crippen molar-refractivity contribution in [2.45, 2.75) is 31.9 Å². The van der Waals surface area contributed by atoms with Crippen molar-refractivity contribution in [1.29, 1.82) is 0 Å². The molecule has 0 amide bonds. The zero-order valence-electron chi connectivity index (χ0n) is 11.8. The third-order valence-corrected chi connectivity index (χ3v) is 3.37. The molecule has 2 heterocycles. The molecule has 0 spiro atoms. The Morgan fingerprint density at radius 1 is 1.45 bits per heavy atom. The maximum absolute atomic E-state index is 9.67. The van der Waals surface area contributed by atoms with Crippen molar-refractivity contribution in [3.63, 3.8) is 0 Å². The van der Waals surface area contributed by atoms with E-state index in [0.29, 0.717) is 43.9 Å². The van der Waals surface area contributed by atoms with Gasteiger partial charge in [-0.3, -0.25) is 0 Å². The second-order valence-electron chi connectivity index (χ2n) is 4.91. The van der Waals surface area contributed by atoms with E-state index in [4.69, 9.17) is 15.2 Å². The minimum Gasteiger partial charge on any atom is -0.394 e. The first kappa shape index (κ1) is 15.0. The highest BCUT2D eigenvalue weighted by Gasteiger charge is 2.32. The summed E-state index contributed by atoms with van der Waals surface area (Å²) in [6, 6.07) is 1.67. The van der Waals surface area contributed by atoms with Gasteiger partial charge in [0, 0.05) is 25.9 Å². The molecule has 0 aromatic carbocycles. The quantitative estimate of drug-likeness (QED) is 0.700. The number of rotatable bonds is 6. The second-order valence-corrected chi connectivity index (χ2v) is 4.91. The number of hydrogen-bond donors (Lipinski definition) is 3. The SMILES string of the molecule is CCOCc1nc(N)cc(NC2(CO)CCOCC2)n1. The number of nitrogens with one attached hydrogen (secondary N) is 1. The molecule has 7 heteroatoms. The molecular weight excluding hydrogens is 260 g/mol. The molecule has 1 saturated heterocycles. The van der Waals surface area contributed by atoms with Crippen molar-refractivity contribution >= 4 is 11.6 Å². The summed E-state index contributed by atoms with van der Waals surface area (Å²) >= 11 is 0. The lowest BCUT2D eigenvalue weighted by Gasteiger charge is -2.36. The number of nitrogens with two attached hydrogens (primary N) is 1. The Balaban J connectivity index is 2.12. The molecule has 0 atom stereocenters. The Morgan fingerprint density at radius 3 is 2.85 bits per heavy atom. The highest BCUT2D eigenvalue weighted by molar-refractivity contribution is 5.46. The standard InChI is InChI=1S/C13H22N4O3/c1-2-19-8-12-15-10(14)7-11(16-12)17-13(9-18)3-5-20-6-4-13/h7,18H,2-6,8-9H2,1H3,(H3,14,15,16,17). The molecule has 4 N–H and O–H groups in total. The monoisotopic (exact) mass is 282 g/mol. The third kappa shape index (κ3) is 3.78. The fourth-order valence-electron chi connectivity index (χ4n) is 2.20. The smallest absolute Gasteiger partial charge is 0.158 e. The molecule has 2 rings (SSSR count). The van der Waals surface area contributed by atoms with Crippen molar-refractivity contribution in [3.8, 4) is 0 Å². The number of nitrogens with zero attached hydrogens (tertiary/aromatic N) is 2.